The number of rotatable bonds is 2. The molecule has 1 N–H and O–H groups in total. The van der Waals surface area contributed by atoms with E-state index in [1.165, 1.54) is 0 Å². The van der Waals surface area contributed by atoms with Crippen LogP contribution in [0.2, 0.25) is 0 Å². The number of aromatic nitrogens is 2. The van der Waals surface area contributed by atoms with Crippen LogP contribution in [-0.2, 0) is 4.74 Å². The van der Waals surface area contributed by atoms with Crippen LogP contribution >= 0.6 is 11.3 Å². The molecule has 1 unspecified atom stereocenters. The summed E-state index contributed by atoms with van der Waals surface area (Å²) in [6, 6.07) is 2.05. The molecule has 0 saturated carbocycles. The van der Waals surface area contributed by atoms with Crippen molar-refractivity contribution in [1.29, 1.82) is 0 Å². The first-order chi connectivity index (χ1) is 7.88. The Bertz CT molecular complexity index is 505. The summed E-state index contributed by atoms with van der Waals surface area (Å²) < 4.78 is 5.62. The zero-order chi connectivity index (χ0) is 11.0. The van der Waals surface area contributed by atoms with Gasteiger partial charge in [-0.15, -0.1) is 11.3 Å². The summed E-state index contributed by atoms with van der Waals surface area (Å²) in [4.78, 5) is 10.1. The van der Waals surface area contributed by atoms with Crippen molar-refractivity contribution in [1.82, 2.24) is 9.97 Å². The maximum atomic E-state index is 5.62. The lowest BCUT2D eigenvalue weighted by molar-refractivity contribution is 0.105. The van der Waals surface area contributed by atoms with E-state index in [1.807, 2.05) is 18.5 Å². The Morgan fingerprint density at radius 3 is 3.19 bits per heavy atom. The van der Waals surface area contributed by atoms with Gasteiger partial charge in [0.1, 0.15) is 16.8 Å². The first kappa shape index (κ1) is 9.99. The number of nitrogens with one attached hydrogen (secondary N) is 1. The van der Waals surface area contributed by atoms with E-state index in [0.717, 1.165) is 41.3 Å². The predicted molar refractivity (Wildman–Crippen MR) is 64.9 cm³/mol. The molecule has 2 aromatic rings. The quantitative estimate of drug-likeness (QED) is 0.869. The third-order valence-corrected chi connectivity index (χ3v) is 3.60. The smallest absolute Gasteiger partial charge is 0.161 e. The van der Waals surface area contributed by atoms with Crippen LogP contribution in [0.15, 0.2) is 11.4 Å². The second-order valence-corrected chi connectivity index (χ2v) is 4.72. The molecule has 4 nitrogen and oxygen atoms in total. The lowest BCUT2D eigenvalue weighted by Crippen LogP contribution is -2.05. The van der Waals surface area contributed by atoms with E-state index in [9.17, 15) is 0 Å². The summed E-state index contributed by atoms with van der Waals surface area (Å²) in [6.45, 7) is 0.825. The molecule has 16 heavy (non-hydrogen) atoms. The highest BCUT2D eigenvalue weighted by Gasteiger charge is 2.22. The minimum Gasteiger partial charge on any atom is -0.372 e. The Balaban J connectivity index is 2.10. The van der Waals surface area contributed by atoms with Crippen molar-refractivity contribution in [3.05, 3.63) is 17.3 Å². The van der Waals surface area contributed by atoms with Gasteiger partial charge >= 0.3 is 0 Å². The third-order valence-electron chi connectivity index (χ3n) is 2.80. The van der Waals surface area contributed by atoms with Crippen molar-refractivity contribution in [2.75, 3.05) is 19.0 Å². The van der Waals surface area contributed by atoms with Gasteiger partial charge in [0.05, 0.1) is 5.39 Å². The molecule has 84 valence electrons. The van der Waals surface area contributed by atoms with Gasteiger partial charge in [-0.1, -0.05) is 0 Å². The predicted octanol–water partition coefficient (Wildman–Crippen LogP) is 2.58. The summed E-state index contributed by atoms with van der Waals surface area (Å²) in [5, 5.41) is 6.25. The van der Waals surface area contributed by atoms with E-state index in [4.69, 9.17) is 4.74 Å². The fourth-order valence-corrected chi connectivity index (χ4v) is 2.76. The van der Waals surface area contributed by atoms with Gasteiger partial charge < -0.3 is 10.1 Å². The fourth-order valence-electron chi connectivity index (χ4n) is 1.99. The second kappa shape index (κ2) is 3.99. The maximum Gasteiger partial charge on any atom is 0.161 e. The number of anilines is 1. The highest BCUT2D eigenvalue weighted by Crippen LogP contribution is 2.31. The third kappa shape index (κ3) is 1.56. The monoisotopic (exact) mass is 235 g/mol. The Labute approximate surface area is 97.7 Å². The topological polar surface area (TPSA) is 47.0 Å². The first-order valence-corrected chi connectivity index (χ1v) is 6.31. The molecule has 1 atom stereocenters. The molecule has 2 aromatic heterocycles. The van der Waals surface area contributed by atoms with Gasteiger partial charge in [0.25, 0.3) is 0 Å². The Morgan fingerprint density at radius 1 is 1.50 bits per heavy atom. The number of fused-ring (bicyclic) bond motifs is 1. The van der Waals surface area contributed by atoms with Crippen molar-refractivity contribution in [2.45, 2.75) is 18.9 Å². The molecule has 5 heteroatoms. The number of hydrogen-bond acceptors (Lipinski definition) is 5. The molecule has 1 aliphatic heterocycles. The first-order valence-electron chi connectivity index (χ1n) is 5.43. The van der Waals surface area contributed by atoms with Gasteiger partial charge in [-0.05, 0) is 24.3 Å². The van der Waals surface area contributed by atoms with E-state index in [0.29, 0.717) is 0 Å². The molecule has 0 amide bonds. The molecule has 1 saturated heterocycles. The molecule has 3 rings (SSSR count). The molecule has 1 aliphatic rings. The van der Waals surface area contributed by atoms with Crippen LogP contribution in [0.3, 0.4) is 0 Å². The van der Waals surface area contributed by atoms with Crippen LogP contribution in [0, 0.1) is 0 Å². The molecule has 0 spiro atoms. The van der Waals surface area contributed by atoms with Crippen LogP contribution in [0.25, 0.3) is 10.2 Å². The lowest BCUT2D eigenvalue weighted by Gasteiger charge is -2.10. The Morgan fingerprint density at radius 2 is 2.44 bits per heavy atom. The molecular weight excluding hydrogens is 222 g/mol. The van der Waals surface area contributed by atoms with Crippen LogP contribution in [0.1, 0.15) is 24.8 Å². The highest BCUT2D eigenvalue weighted by atomic mass is 32.1. The molecule has 1 fully saturated rings. The van der Waals surface area contributed by atoms with Gasteiger partial charge in [0.15, 0.2) is 5.82 Å². The van der Waals surface area contributed by atoms with E-state index in [-0.39, 0.29) is 6.10 Å². The number of thiophene rings is 1. The van der Waals surface area contributed by atoms with Crippen molar-refractivity contribution < 1.29 is 4.74 Å². The van der Waals surface area contributed by atoms with Crippen LogP contribution in [-0.4, -0.2) is 23.6 Å². The molecule has 0 radical (unpaired) electrons. The highest BCUT2D eigenvalue weighted by molar-refractivity contribution is 7.16. The summed E-state index contributed by atoms with van der Waals surface area (Å²) >= 11 is 1.64. The molecule has 0 bridgehead atoms. The van der Waals surface area contributed by atoms with Crippen molar-refractivity contribution in [3.8, 4) is 0 Å². The van der Waals surface area contributed by atoms with Crippen molar-refractivity contribution in [3.63, 3.8) is 0 Å². The minimum absolute atomic E-state index is 0.0820. The Hall–Kier alpha value is -1.20. The van der Waals surface area contributed by atoms with Crippen LogP contribution in [0.4, 0.5) is 5.82 Å². The van der Waals surface area contributed by atoms with Crippen LogP contribution < -0.4 is 5.32 Å². The SMILES string of the molecule is CNc1nc(C2CCCO2)nc2sccc12. The van der Waals surface area contributed by atoms with Gasteiger partial charge in [-0.3, -0.25) is 0 Å². The average Bonchev–Trinajstić information content (AvgIpc) is 2.97. The van der Waals surface area contributed by atoms with Crippen molar-refractivity contribution >= 4 is 27.4 Å². The second-order valence-electron chi connectivity index (χ2n) is 3.82. The van der Waals surface area contributed by atoms with E-state index >= 15 is 0 Å². The number of hydrogen-bond donors (Lipinski definition) is 1. The molecule has 0 aliphatic carbocycles. The lowest BCUT2D eigenvalue weighted by atomic mass is 10.2. The zero-order valence-corrected chi connectivity index (χ0v) is 9.88. The van der Waals surface area contributed by atoms with Gasteiger partial charge in [0, 0.05) is 13.7 Å². The molecule has 0 aromatic carbocycles. The molecule has 3 heterocycles. The standard InChI is InChI=1S/C11H13N3OS/c1-12-9-7-4-6-16-11(7)14-10(13-9)8-3-2-5-15-8/h4,6,8H,2-3,5H2,1H3,(H,12,13,14). The number of nitrogens with zero attached hydrogens (tertiary/aromatic N) is 2. The summed E-state index contributed by atoms with van der Waals surface area (Å²) in [5.41, 5.74) is 0. The zero-order valence-electron chi connectivity index (χ0n) is 9.06. The van der Waals surface area contributed by atoms with Crippen LogP contribution in [0.5, 0.6) is 0 Å². The maximum absolute atomic E-state index is 5.62. The van der Waals surface area contributed by atoms with E-state index < -0.39 is 0 Å². The van der Waals surface area contributed by atoms with Gasteiger partial charge in [-0.2, -0.15) is 0 Å². The van der Waals surface area contributed by atoms with E-state index in [2.05, 4.69) is 15.3 Å². The van der Waals surface area contributed by atoms with Gasteiger partial charge in [0.2, 0.25) is 0 Å². The minimum atomic E-state index is 0.0820. The fraction of sp³-hybridized carbons (Fsp3) is 0.455. The normalized spacial score (nSPS) is 20.4. The largest absolute Gasteiger partial charge is 0.372 e. The number of ether oxygens (including phenoxy) is 1. The molecular formula is C11H13N3OS. The summed E-state index contributed by atoms with van der Waals surface area (Å²) in [6.07, 6.45) is 2.21. The van der Waals surface area contributed by atoms with Crippen molar-refractivity contribution in [2.24, 2.45) is 0 Å². The van der Waals surface area contributed by atoms with E-state index in [1.54, 1.807) is 11.3 Å². The van der Waals surface area contributed by atoms with Gasteiger partial charge in [-0.25, -0.2) is 9.97 Å². The summed E-state index contributed by atoms with van der Waals surface area (Å²) in [7, 11) is 1.89. The average molecular weight is 235 g/mol. The Kier molecular flexibility index (Phi) is 2.49. The summed E-state index contributed by atoms with van der Waals surface area (Å²) in [5.74, 6) is 1.72.